The number of phosphoric ester groups is 1. The second-order valence-electron chi connectivity index (χ2n) is 13.7. The van der Waals surface area contributed by atoms with Gasteiger partial charge < -0.3 is 14.0 Å². The lowest BCUT2D eigenvalue weighted by Crippen LogP contribution is -2.37. The summed E-state index contributed by atoms with van der Waals surface area (Å²) in [5, 5.41) is 0. The normalized spacial score (nSPS) is 13.8. The molecule has 0 fully saturated rings. The first-order valence-electron chi connectivity index (χ1n) is 18.7. The highest BCUT2D eigenvalue weighted by Gasteiger charge is 2.30. The molecule has 0 bridgehead atoms. The molecule has 2 unspecified atom stereocenters. The lowest BCUT2D eigenvalue weighted by molar-refractivity contribution is -0.870. The molecule has 0 spiro atoms. The molecule has 0 radical (unpaired) electrons. The van der Waals surface area contributed by atoms with Gasteiger partial charge in [-0.05, 0) is 19.8 Å². The lowest BCUT2D eigenvalue weighted by Gasteiger charge is -2.25. The molecule has 0 saturated carbocycles. The number of hydrogen-bond acceptors (Lipinski definition) is 8. The summed E-state index contributed by atoms with van der Waals surface area (Å²) in [5.74, 6) is -0.710. The van der Waals surface area contributed by atoms with E-state index in [2.05, 4.69) is 13.8 Å². The van der Waals surface area contributed by atoms with Crippen LogP contribution >= 0.6 is 7.82 Å². The first-order valence-corrected chi connectivity index (χ1v) is 20.2. The number of phosphoric acid groups is 1. The van der Waals surface area contributed by atoms with E-state index in [0.29, 0.717) is 17.4 Å². The van der Waals surface area contributed by atoms with Gasteiger partial charge in [-0.1, -0.05) is 129 Å². The van der Waals surface area contributed by atoms with E-state index in [-0.39, 0.29) is 44.8 Å². The van der Waals surface area contributed by atoms with E-state index < -0.39 is 13.9 Å². The van der Waals surface area contributed by atoms with Crippen molar-refractivity contribution in [1.82, 2.24) is 0 Å². The Balaban J connectivity index is 4.67. The van der Waals surface area contributed by atoms with Crippen LogP contribution in [0.5, 0.6) is 0 Å². The largest absolute Gasteiger partial charge is 0.475 e. The lowest BCUT2D eigenvalue weighted by atomic mass is 10.1. The first kappa shape index (κ1) is 45.0. The summed E-state index contributed by atoms with van der Waals surface area (Å²) in [7, 11) is 2.13. The molecule has 0 aliphatic heterocycles. The highest BCUT2D eigenvalue weighted by atomic mass is 31.2. The van der Waals surface area contributed by atoms with E-state index in [1.54, 1.807) is 6.92 Å². The number of rotatable bonds is 34. The zero-order valence-corrected chi connectivity index (χ0v) is 31.7. The molecule has 0 aliphatic rings. The smallest absolute Gasteiger partial charge is 0.462 e. The average Bonchev–Trinajstić information content (AvgIpc) is 3.00. The molecule has 0 aromatic rings. The summed E-state index contributed by atoms with van der Waals surface area (Å²) in [6.07, 6.45) is 23.3. The molecular weight excluding hydrogens is 605 g/mol. The van der Waals surface area contributed by atoms with E-state index in [4.69, 9.17) is 23.0 Å². The minimum atomic E-state index is -3.88. The summed E-state index contributed by atoms with van der Waals surface area (Å²) in [6, 6.07) is 0. The highest BCUT2D eigenvalue weighted by Crippen LogP contribution is 2.49. The van der Waals surface area contributed by atoms with Crippen LogP contribution in [-0.4, -0.2) is 76.6 Å². The maximum Gasteiger partial charge on any atom is 0.475 e. The van der Waals surface area contributed by atoms with Gasteiger partial charge in [0.05, 0.1) is 34.4 Å². The summed E-state index contributed by atoms with van der Waals surface area (Å²) in [6.45, 7) is 6.68. The molecule has 10 heteroatoms. The van der Waals surface area contributed by atoms with Gasteiger partial charge in [0.2, 0.25) is 0 Å². The number of hydrogen-bond donors (Lipinski definition) is 0. The molecule has 0 amide bonds. The average molecular weight is 679 g/mol. The molecule has 46 heavy (non-hydrogen) atoms. The Labute approximate surface area is 283 Å². The number of unbranched alkanes of at least 4 members (excludes halogenated alkanes) is 18. The van der Waals surface area contributed by atoms with Crippen molar-refractivity contribution in [3.63, 3.8) is 0 Å². The van der Waals surface area contributed by atoms with Crippen LogP contribution in [0.3, 0.4) is 0 Å². The SMILES string of the molecule is CCCCCCCCCCCCCC(=O)OCC(COP(=O)(OCC)OCC[N+](C)(C)C)OC(=O)CCCCCCCCCCC. The molecule has 0 aromatic carbocycles. The third kappa shape index (κ3) is 30.4. The Morgan fingerprint density at radius 1 is 0.565 bits per heavy atom. The monoisotopic (exact) mass is 679 g/mol. The summed E-state index contributed by atoms with van der Waals surface area (Å²) >= 11 is 0. The molecular formula is C36H73NO8P+. The number of quaternary nitrogens is 1. The van der Waals surface area contributed by atoms with E-state index in [0.717, 1.165) is 38.5 Å². The van der Waals surface area contributed by atoms with Gasteiger partial charge in [-0.3, -0.25) is 23.2 Å². The van der Waals surface area contributed by atoms with Crippen LogP contribution in [0, 0.1) is 0 Å². The topological polar surface area (TPSA) is 97.4 Å². The summed E-state index contributed by atoms with van der Waals surface area (Å²) < 4.78 is 41.4. The Bertz CT molecular complexity index is 774. The number of likely N-dealkylation sites (N-methyl/N-ethyl adjacent to an activating group) is 1. The molecule has 0 N–H and O–H groups in total. The number of ether oxygens (including phenoxy) is 2. The fraction of sp³-hybridized carbons (Fsp3) is 0.944. The van der Waals surface area contributed by atoms with Crippen molar-refractivity contribution in [2.75, 3.05) is 54.1 Å². The van der Waals surface area contributed by atoms with Gasteiger partial charge >= 0.3 is 19.8 Å². The molecule has 0 aromatic heterocycles. The van der Waals surface area contributed by atoms with Crippen molar-refractivity contribution >= 4 is 19.8 Å². The Morgan fingerprint density at radius 2 is 1.00 bits per heavy atom. The van der Waals surface area contributed by atoms with Crippen molar-refractivity contribution < 1.29 is 41.7 Å². The molecule has 0 aliphatic carbocycles. The van der Waals surface area contributed by atoms with Crippen LogP contribution < -0.4 is 0 Å². The van der Waals surface area contributed by atoms with Crippen LogP contribution in [0.2, 0.25) is 0 Å². The predicted octanol–water partition coefficient (Wildman–Crippen LogP) is 9.95. The minimum Gasteiger partial charge on any atom is -0.462 e. The fourth-order valence-corrected chi connectivity index (χ4v) is 6.20. The zero-order valence-electron chi connectivity index (χ0n) is 30.8. The molecule has 2 atom stereocenters. The Morgan fingerprint density at radius 3 is 1.43 bits per heavy atom. The van der Waals surface area contributed by atoms with Crippen molar-refractivity contribution in [2.24, 2.45) is 0 Å². The summed E-state index contributed by atoms with van der Waals surface area (Å²) in [4.78, 5) is 25.1. The van der Waals surface area contributed by atoms with Crippen molar-refractivity contribution in [3.05, 3.63) is 0 Å². The quantitative estimate of drug-likeness (QED) is 0.0287. The van der Waals surface area contributed by atoms with E-state index >= 15 is 0 Å². The Kier molecular flexibility index (Phi) is 29.4. The zero-order chi connectivity index (χ0) is 34.4. The van der Waals surface area contributed by atoms with Crippen LogP contribution in [0.1, 0.15) is 162 Å². The van der Waals surface area contributed by atoms with E-state index in [1.165, 1.54) is 89.9 Å². The highest BCUT2D eigenvalue weighted by molar-refractivity contribution is 7.48. The van der Waals surface area contributed by atoms with Crippen LogP contribution in [0.25, 0.3) is 0 Å². The van der Waals surface area contributed by atoms with Crippen LogP contribution in [-0.2, 0) is 37.2 Å². The minimum absolute atomic E-state index is 0.138. The van der Waals surface area contributed by atoms with Gasteiger partial charge in [0.25, 0.3) is 0 Å². The van der Waals surface area contributed by atoms with Crippen LogP contribution in [0.15, 0.2) is 0 Å². The number of nitrogens with zero attached hydrogens (tertiary/aromatic N) is 1. The predicted molar refractivity (Wildman–Crippen MR) is 188 cm³/mol. The third-order valence-electron chi connectivity index (χ3n) is 7.91. The maximum absolute atomic E-state index is 13.2. The maximum atomic E-state index is 13.2. The van der Waals surface area contributed by atoms with Gasteiger partial charge in [0.1, 0.15) is 19.8 Å². The van der Waals surface area contributed by atoms with Gasteiger partial charge in [0.15, 0.2) is 6.10 Å². The standard InChI is InChI=1S/C36H73NO8P/c1-7-10-12-14-16-18-19-21-22-24-26-28-35(38)41-32-34(33-44-46(40,42-9-3)43-31-30-37(4,5)6)45-36(39)29-27-25-23-20-17-15-13-11-8-2/h34H,7-33H2,1-6H3/q+1. The van der Waals surface area contributed by atoms with E-state index in [1.807, 2.05) is 21.1 Å². The van der Waals surface area contributed by atoms with E-state index in [9.17, 15) is 14.2 Å². The van der Waals surface area contributed by atoms with Crippen molar-refractivity contribution in [3.8, 4) is 0 Å². The Hall–Kier alpha value is -0.990. The second kappa shape index (κ2) is 30.1. The van der Waals surface area contributed by atoms with Crippen LogP contribution in [0.4, 0.5) is 0 Å². The number of carbonyl (C=O) groups is 2. The van der Waals surface area contributed by atoms with Crippen molar-refractivity contribution in [2.45, 2.75) is 168 Å². The fourth-order valence-electron chi connectivity index (χ4n) is 5.00. The molecule has 0 rings (SSSR count). The molecule has 0 heterocycles. The van der Waals surface area contributed by atoms with Crippen molar-refractivity contribution in [1.29, 1.82) is 0 Å². The number of esters is 2. The van der Waals surface area contributed by atoms with Gasteiger partial charge in [-0.15, -0.1) is 0 Å². The van der Waals surface area contributed by atoms with Gasteiger partial charge in [-0.2, -0.15) is 0 Å². The second-order valence-corrected chi connectivity index (χ2v) is 15.3. The molecule has 274 valence electrons. The summed E-state index contributed by atoms with van der Waals surface area (Å²) in [5.41, 5.74) is 0. The molecule has 0 saturated heterocycles. The molecule has 9 nitrogen and oxygen atoms in total. The number of carbonyl (C=O) groups excluding carboxylic acids is 2. The van der Waals surface area contributed by atoms with Gasteiger partial charge in [0, 0.05) is 12.8 Å². The third-order valence-corrected chi connectivity index (χ3v) is 9.45. The van der Waals surface area contributed by atoms with Gasteiger partial charge in [-0.25, -0.2) is 4.57 Å². The first-order chi connectivity index (χ1) is 22.0.